The first-order chi connectivity index (χ1) is 19.2. The van der Waals surface area contributed by atoms with E-state index in [1.54, 1.807) is 0 Å². The fourth-order valence-electron chi connectivity index (χ4n) is 4.37. The Morgan fingerprint density at radius 2 is 1.88 bits per heavy atom. The molecule has 0 aliphatic carbocycles. The summed E-state index contributed by atoms with van der Waals surface area (Å²) in [5.41, 5.74) is 2.98. The van der Waals surface area contributed by atoms with Crippen molar-refractivity contribution in [2.75, 3.05) is 6.61 Å². The Labute approximate surface area is 261 Å². The standard InChI is InChI=1S/C33H47IO6Si/c1-10-11-12-15-24(21-37-41(8,9)32(3,4)5)38-31(35)30-23(2)14-13-16-29(30)39-27-17-18-28-26(25(27)19-20-34)22-36-33(6,7)40-28/h13-14,16-20,24H,10-12,15,21-22H2,1-9H3/b20-19+/t24-/m0/s1. The topological polar surface area (TPSA) is 63.2 Å². The molecule has 0 saturated carbocycles. The number of benzene rings is 2. The van der Waals surface area contributed by atoms with Crippen molar-refractivity contribution in [3.63, 3.8) is 0 Å². The first kappa shape index (κ1) is 33.6. The molecule has 41 heavy (non-hydrogen) atoms. The van der Waals surface area contributed by atoms with Gasteiger partial charge in [-0.3, -0.25) is 0 Å². The Morgan fingerprint density at radius 3 is 2.54 bits per heavy atom. The summed E-state index contributed by atoms with van der Waals surface area (Å²) >= 11 is 2.19. The van der Waals surface area contributed by atoms with Crippen molar-refractivity contribution in [3.8, 4) is 17.2 Å². The molecular formula is C33H47IO6Si. The highest BCUT2D eigenvalue weighted by atomic mass is 127. The minimum absolute atomic E-state index is 0.0762. The zero-order chi connectivity index (χ0) is 30.4. The lowest BCUT2D eigenvalue weighted by molar-refractivity contribution is -0.180. The van der Waals surface area contributed by atoms with Crippen LogP contribution >= 0.6 is 22.6 Å². The average molecular weight is 695 g/mol. The van der Waals surface area contributed by atoms with Gasteiger partial charge in [-0.25, -0.2) is 4.79 Å². The Balaban J connectivity index is 1.89. The Kier molecular flexibility index (Phi) is 11.5. The maximum atomic E-state index is 13.8. The van der Waals surface area contributed by atoms with Gasteiger partial charge in [0, 0.05) is 25.0 Å². The summed E-state index contributed by atoms with van der Waals surface area (Å²) in [7, 11) is -2.00. The summed E-state index contributed by atoms with van der Waals surface area (Å²) in [6, 6.07) is 9.39. The molecule has 2 aromatic rings. The van der Waals surface area contributed by atoms with Crippen LogP contribution in [0.1, 0.15) is 94.3 Å². The van der Waals surface area contributed by atoms with Crippen LogP contribution in [-0.2, 0) is 20.5 Å². The molecule has 1 heterocycles. The predicted octanol–water partition coefficient (Wildman–Crippen LogP) is 9.97. The van der Waals surface area contributed by atoms with E-state index in [0.29, 0.717) is 30.3 Å². The molecule has 1 aliphatic heterocycles. The Hall–Kier alpha value is -1.88. The average Bonchev–Trinajstić information content (AvgIpc) is 2.87. The molecule has 0 N–H and O–H groups in total. The fourth-order valence-corrected chi connectivity index (χ4v) is 5.77. The Morgan fingerprint density at radius 1 is 1.15 bits per heavy atom. The highest BCUT2D eigenvalue weighted by molar-refractivity contribution is 14.1. The third-order valence-electron chi connectivity index (χ3n) is 7.92. The smallest absolute Gasteiger partial charge is 0.342 e. The van der Waals surface area contributed by atoms with Crippen LogP contribution in [0.5, 0.6) is 17.2 Å². The van der Waals surface area contributed by atoms with Crippen LogP contribution in [0.2, 0.25) is 18.1 Å². The van der Waals surface area contributed by atoms with Gasteiger partial charge in [-0.2, -0.15) is 0 Å². The summed E-state index contributed by atoms with van der Waals surface area (Å²) in [6.45, 7) is 19.8. The molecule has 0 spiro atoms. The number of fused-ring (bicyclic) bond motifs is 1. The summed E-state index contributed by atoms with van der Waals surface area (Å²) < 4.78 is 33.0. The van der Waals surface area contributed by atoms with Gasteiger partial charge in [-0.05, 0) is 71.8 Å². The van der Waals surface area contributed by atoms with E-state index in [0.717, 1.165) is 48.1 Å². The monoisotopic (exact) mass is 694 g/mol. The number of carbonyl (C=O) groups excluding carboxylic acids is 1. The zero-order valence-electron chi connectivity index (χ0n) is 26.2. The number of hydrogen-bond acceptors (Lipinski definition) is 6. The van der Waals surface area contributed by atoms with Crippen LogP contribution in [0.4, 0.5) is 0 Å². The minimum atomic E-state index is -2.00. The van der Waals surface area contributed by atoms with Gasteiger partial charge in [-0.1, -0.05) is 75.3 Å². The molecule has 8 heteroatoms. The molecule has 3 rings (SSSR count). The zero-order valence-corrected chi connectivity index (χ0v) is 29.3. The fraction of sp³-hybridized carbons (Fsp3) is 0.545. The van der Waals surface area contributed by atoms with E-state index in [1.807, 2.05) is 61.3 Å². The molecule has 0 amide bonds. The lowest BCUT2D eigenvalue weighted by atomic mass is 10.0. The quantitative estimate of drug-likeness (QED) is 0.0954. The molecule has 6 nitrogen and oxygen atoms in total. The van der Waals surface area contributed by atoms with Crippen LogP contribution in [0, 0.1) is 6.92 Å². The van der Waals surface area contributed by atoms with Crippen molar-refractivity contribution >= 4 is 43.0 Å². The minimum Gasteiger partial charge on any atom is -0.463 e. The summed E-state index contributed by atoms with van der Waals surface area (Å²) in [6.07, 6.45) is 5.58. The molecule has 0 radical (unpaired) electrons. The number of carbonyl (C=O) groups is 1. The first-order valence-corrected chi connectivity index (χ1v) is 18.7. The lowest BCUT2D eigenvalue weighted by Gasteiger charge is -2.37. The maximum absolute atomic E-state index is 13.8. The highest BCUT2D eigenvalue weighted by Crippen LogP contribution is 2.41. The van der Waals surface area contributed by atoms with Crippen molar-refractivity contribution in [2.45, 2.75) is 111 Å². The highest BCUT2D eigenvalue weighted by Gasteiger charge is 2.38. The second-order valence-corrected chi connectivity index (χ2v) is 18.2. The molecule has 0 aromatic heterocycles. The van der Waals surface area contributed by atoms with Gasteiger partial charge < -0.3 is 23.4 Å². The number of esters is 1. The molecule has 226 valence electrons. The molecule has 1 atom stereocenters. The maximum Gasteiger partial charge on any atom is 0.342 e. The number of aryl methyl sites for hydroxylation is 1. The van der Waals surface area contributed by atoms with E-state index in [2.05, 4.69) is 63.4 Å². The third-order valence-corrected chi connectivity index (χ3v) is 12.8. The third kappa shape index (κ3) is 8.81. The van der Waals surface area contributed by atoms with Crippen molar-refractivity contribution in [3.05, 3.63) is 56.7 Å². The van der Waals surface area contributed by atoms with Crippen molar-refractivity contribution in [2.24, 2.45) is 0 Å². The van der Waals surface area contributed by atoms with Gasteiger partial charge in [0.25, 0.3) is 0 Å². The summed E-state index contributed by atoms with van der Waals surface area (Å²) in [5.74, 6) is 0.739. The number of unbranched alkanes of at least 4 members (excludes halogenated alkanes) is 2. The molecule has 0 unspecified atom stereocenters. The second-order valence-electron chi connectivity index (χ2n) is 12.7. The van der Waals surface area contributed by atoms with Crippen LogP contribution in [0.3, 0.4) is 0 Å². The van der Waals surface area contributed by atoms with E-state index < -0.39 is 20.1 Å². The lowest BCUT2D eigenvalue weighted by Crippen LogP contribution is -2.43. The van der Waals surface area contributed by atoms with Crippen molar-refractivity contribution < 1.29 is 28.2 Å². The largest absolute Gasteiger partial charge is 0.463 e. The molecule has 0 fully saturated rings. The number of hydrogen-bond donors (Lipinski definition) is 0. The summed E-state index contributed by atoms with van der Waals surface area (Å²) in [4.78, 5) is 13.8. The van der Waals surface area contributed by atoms with Gasteiger partial charge >= 0.3 is 5.97 Å². The van der Waals surface area contributed by atoms with Crippen LogP contribution < -0.4 is 9.47 Å². The molecule has 2 aromatic carbocycles. The predicted molar refractivity (Wildman–Crippen MR) is 177 cm³/mol. The van der Waals surface area contributed by atoms with E-state index in [4.69, 9.17) is 23.4 Å². The van der Waals surface area contributed by atoms with Crippen LogP contribution in [0.15, 0.2) is 34.4 Å². The number of rotatable bonds is 12. The van der Waals surface area contributed by atoms with Gasteiger partial charge in [0.1, 0.15) is 28.9 Å². The van der Waals surface area contributed by atoms with E-state index in [9.17, 15) is 4.79 Å². The van der Waals surface area contributed by atoms with Crippen molar-refractivity contribution in [1.29, 1.82) is 0 Å². The molecule has 0 bridgehead atoms. The second kappa shape index (κ2) is 14.1. The van der Waals surface area contributed by atoms with Crippen LogP contribution in [-0.4, -0.2) is 32.8 Å². The van der Waals surface area contributed by atoms with Crippen LogP contribution in [0.25, 0.3) is 6.08 Å². The van der Waals surface area contributed by atoms with Gasteiger partial charge in [0.2, 0.25) is 5.79 Å². The molecular weight excluding hydrogens is 647 g/mol. The molecule has 1 aliphatic rings. The van der Waals surface area contributed by atoms with E-state index >= 15 is 0 Å². The first-order valence-electron chi connectivity index (χ1n) is 14.6. The number of halogens is 1. The SMILES string of the molecule is CCCCC[C@@H](CO[Si](C)(C)C(C)(C)C)OC(=O)c1c(C)cccc1Oc1ccc2c(c1/C=C/I)COC(C)(C)O2. The van der Waals surface area contributed by atoms with Gasteiger partial charge in [0.05, 0.1) is 13.2 Å². The van der Waals surface area contributed by atoms with Gasteiger partial charge in [-0.15, -0.1) is 0 Å². The number of ether oxygens (including phenoxy) is 4. The van der Waals surface area contributed by atoms with E-state index in [-0.39, 0.29) is 11.1 Å². The summed E-state index contributed by atoms with van der Waals surface area (Å²) in [5, 5.41) is 0.0762. The normalized spacial score (nSPS) is 15.8. The van der Waals surface area contributed by atoms with Gasteiger partial charge in [0.15, 0.2) is 8.32 Å². The van der Waals surface area contributed by atoms with Crippen molar-refractivity contribution in [1.82, 2.24) is 0 Å². The van der Waals surface area contributed by atoms with E-state index in [1.165, 1.54) is 0 Å². The Bertz CT molecular complexity index is 1230. The molecule has 0 saturated heterocycles.